The van der Waals surface area contributed by atoms with Gasteiger partial charge in [0.25, 0.3) is 5.69 Å². The molecule has 1 unspecified atom stereocenters. The van der Waals surface area contributed by atoms with E-state index in [1.807, 2.05) is 0 Å². The van der Waals surface area contributed by atoms with Gasteiger partial charge in [-0.05, 0) is 5.56 Å². The van der Waals surface area contributed by atoms with Crippen LogP contribution in [0.25, 0.3) is 0 Å². The molecule has 1 aromatic rings. The molecule has 0 aliphatic carbocycles. The van der Waals surface area contributed by atoms with Crippen molar-refractivity contribution in [3.63, 3.8) is 0 Å². The molecule has 0 bridgehead atoms. The van der Waals surface area contributed by atoms with Gasteiger partial charge in [0.1, 0.15) is 6.04 Å². The van der Waals surface area contributed by atoms with Crippen LogP contribution in [-0.4, -0.2) is 27.2 Å². The smallest absolute Gasteiger partial charge is 0.323 e. The van der Waals surface area contributed by atoms with Gasteiger partial charge in [0.2, 0.25) is 0 Å². The lowest BCUT2D eigenvalue weighted by Crippen LogP contribution is -2.36. The SMILES string of the molecule is O=C(O)C(Cc1ccc([N+](=O)[O-])cc1)NO. The monoisotopic (exact) mass is 226 g/mol. The number of carboxylic acids is 1. The highest BCUT2D eigenvalue weighted by atomic mass is 16.6. The van der Waals surface area contributed by atoms with E-state index in [1.165, 1.54) is 24.3 Å². The first kappa shape index (κ1) is 12.1. The summed E-state index contributed by atoms with van der Waals surface area (Å²) < 4.78 is 0. The molecule has 86 valence electrons. The van der Waals surface area contributed by atoms with Crippen LogP contribution in [0, 0.1) is 10.1 Å². The summed E-state index contributed by atoms with van der Waals surface area (Å²) in [6.45, 7) is 0. The Morgan fingerprint density at radius 2 is 2.00 bits per heavy atom. The van der Waals surface area contributed by atoms with Crippen LogP contribution >= 0.6 is 0 Å². The zero-order valence-electron chi connectivity index (χ0n) is 8.16. The van der Waals surface area contributed by atoms with E-state index in [0.717, 1.165) is 0 Å². The molecule has 0 amide bonds. The Kier molecular flexibility index (Phi) is 3.92. The number of nitro groups is 1. The fraction of sp³-hybridized carbons (Fsp3) is 0.222. The third-order valence-corrected chi connectivity index (χ3v) is 2.04. The number of benzene rings is 1. The van der Waals surface area contributed by atoms with Gasteiger partial charge >= 0.3 is 5.97 Å². The second-order valence-corrected chi connectivity index (χ2v) is 3.15. The summed E-state index contributed by atoms with van der Waals surface area (Å²) in [7, 11) is 0. The van der Waals surface area contributed by atoms with Crippen molar-refractivity contribution in [2.75, 3.05) is 0 Å². The van der Waals surface area contributed by atoms with Crippen LogP contribution < -0.4 is 5.48 Å². The van der Waals surface area contributed by atoms with Crippen LogP contribution in [-0.2, 0) is 11.2 Å². The normalized spacial score (nSPS) is 12.1. The Morgan fingerprint density at radius 3 is 2.38 bits per heavy atom. The molecule has 0 aliphatic rings. The van der Waals surface area contributed by atoms with E-state index in [2.05, 4.69) is 0 Å². The molecule has 1 rings (SSSR count). The predicted octanol–water partition coefficient (Wildman–Crippen LogP) is 0.569. The van der Waals surface area contributed by atoms with Gasteiger partial charge < -0.3 is 10.3 Å². The molecule has 0 aromatic heterocycles. The highest BCUT2D eigenvalue weighted by molar-refractivity contribution is 5.73. The Hall–Kier alpha value is -1.99. The minimum absolute atomic E-state index is 0.0455. The topological polar surface area (TPSA) is 113 Å². The van der Waals surface area contributed by atoms with Gasteiger partial charge in [0.05, 0.1) is 4.92 Å². The highest BCUT2D eigenvalue weighted by Gasteiger charge is 2.16. The van der Waals surface area contributed by atoms with Gasteiger partial charge in [-0.15, -0.1) is 0 Å². The number of aliphatic carboxylic acids is 1. The van der Waals surface area contributed by atoms with Gasteiger partial charge in [-0.25, -0.2) is 0 Å². The molecular formula is C9H10N2O5. The fourth-order valence-corrected chi connectivity index (χ4v) is 1.18. The first-order chi connectivity index (χ1) is 7.54. The van der Waals surface area contributed by atoms with Crippen LogP contribution in [0.3, 0.4) is 0 Å². The van der Waals surface area contributed by atoms with Crippen LogP contribution in [0.1, 0.15) is 5.56 Å². The lowest BCUT2D eigenvalue weighted by atomic mass is 10.1. The van der Waals surface area contributed by atoms with Crippen LogP contribution in [0.2, 0.25) is 0 Å². The third kappa shape index (κ3) is 3.01. The van der Waals surface area contributed by atoms with E-state index in [1.54, 1.807) is 5.48 Å². The van der Waals surface area contributed by atoms with Gasteiger partial charge in [0, 0.05) is 18.6 Å². The van der Waals surface area contributed by atoms with Crippen molar-refractivity contribution in [2.45, 2.75) is 12.5 Å². The Morgan fingerprint density at radius 1 is 1.44 bits per heavy atom. The maximum absolute atomic E-state index is 10.6. The standard InChI is InChI=1S/C9H10N2O5/c12-9(13)8(10-14)5-6-1-3-7(4-2-6)11(15)16/h1-4,8,10,14H,5H2,(H,12,13). The summed E-state index contributed by atoms with van der Waals surface area (Å²) in [4.78, 5) is 20.4. The quantitative estimate of drug-likeness (QED) is 0.499. The number of hydroxylamine groups is 1. The molecule has 0 spiro atoms. The maximum atomic E-state index is 10.6. The second-order valence-electron chi connectivity index (χ2n) is 3.15. The summed E-state index contributed by atoms with van der Waals surface area (Å²) in [5, 5.41) is 27.6. The summed E-state index contributed by atoms with van der Waals surface area (Å²) in [6, 6.07) is 4.34. The molecule has 3 N–H and O–H groups in total. The Labute approximate surface area is 90.4 Å². The average Bonchev–Trinajstić information content (AvgIpc) is 2.26. The second kappa shape index (κ2) is 5.19. The minimum atomic E-state index is -1.19. The zero-order chi connectivity index (χ0) is 12.1. The van der Waals surface area contributed by atoms with Crippen molar-refractivity contribution in [3.05, 3.63) is 39.9 Å². The zero-order valence-corrected chi connectivity index (χ0v) is 8.16. The summed E-state index contributed by atoms with van der Waals surface area (Å²) in [5.74, 6) is -1.19. The number of hydrogen-bond donors (Lipinski definition) is 3. The fourth-order valence-electron chi connectivity index (χ4n) is 1.18. The molecule has 7 heteroatoms. The minimum Gasteiger partial charge on any atom is -0.480 e. The number of nitro benzene ring substituents is 1. The molecule has 0 heterocycles. The summed E-state index contributed by atoms with van der Waals surface area (Å²) >= 11 is 0. The molecule has 0 aliphatic heterocycles. The van der Waals surface area contributed by atoms with E-state index in [0.29, 0.717) is 5.56 Å². The van der Waals surface area contributed by atoms with Crippen LogP contribution in [0.4, 0.5) is 5.69 Å². The van der Waals surface area contributed by atoms with E-state index < -0.39 is 16.9 Å². The number of carbonyl (C=O) groups is 1. The number of nitrogens with zero attached hydrogens (tertiary/aromatic N) is 1. The Bertz CT molecular complexity index is 389. The van der Waals surface area contributed by atoms with Crippen molar-refractivity contribution >= 4 is 11.7 Å². The first-order valence-electron chi connectivity index (χ1n) is 4.40. The first-order valence-corrected chi connectivity index (χ1v) is 4.40. The van der Waals surface area contributed by atoms with Gasteiger partial charge in [0.15, 0.2) is 0 Å². The lowest BCUT2D eigenvalue weighted by molar-refractivity contribution is -0.384. The molecule has 0 fully saturated rings. The number of rotatable bonds is 5. The number of nitrogens with one attached hydrogen (secondary N) is 1. The van der Waals surface area contributed by atoms with Crippen LogP contribution in [0.5, 0.6) is 0 Å². The molecule has 0 saturated heterocycles. The maximum Gasteiger partial charge on any atom is 0.323 e. The lowest BCUT2D eigenvalue weighted by Gasteiger charge is -2.09. The predicted molar refractivity (Wildman–Crippen MR) is 53.1 cm³/mol. The number of carboxylic acid groups (broad SMARTS) is 1. The average molecular weight is 226 g/mol. The molecule has 7 nitrogen and oxygen atoms in total. The largest absolute Gasteiger partial charge is 0.480 e. The Balaban J connectivity index is 2.75. The molecule has 1 aromatic carbocycles. The van der Waals surface area contributed by atoms with Gasteiger partial charge in [-0.1, -0.05) is 12.1 Å². The van der Waals surface area contributed by atoms with Gasteiger partial charge in [-0.3, -0.25) is 14.9 Å². The summed E-state index contributed by atoms with van der Waals surface area (Å²) in [6.07, 6.45) is 0.0455. The van der Waals surface area contributed by atoms with E-state index in [-0.39, 0.29) is 12.1 Å². The summed E-state index contributed by atoms with van der Waals surface area (Å²) in [5.41, 5.74) is 2.17. The molecule has 0 radical (unpaired) electrons. The van der Waals surface area contributed by atoms with Gasteiger partial charge in [-0.2, -0.15) is 5.48 Å². The van der Waals surface area contributed by atoms with E-state index in [4.69, 9.17) is 10.3 Å². The molecule has 16 heavy (non-hydrogen) atoms. The number of hydrogen-bond acceptors (Lipinski definition) is 5. The number of non-ortho nitro benzene ring substituents is 1. The van der Waals surface area contributed by atoms with Crippen molar-refractivity contribution < 1.29 is 20.0 Å². The van der Waals surface area contributed by atoms with Crippen molar-refractivity contribution in [1.29, 1.82) is 0 Å². The molecule has 1 atom stereocenters. The molecular weight excluding hydrogens is 216 g/mol. The van der Waals surface area contributed by atoms with Crippen molar-refractivity contribution in [3.8, 4) is 0 Å². The van der Waals surface area contributed by atoms with E-state index in [9.17, 15) is 14.9 Å². The molecule has 0 saturated carbocycles. The van der Waals surface area contributed by atoms with Crippen LogP contribution in [0.15, 0.2) is 24.3 Å². The highest BCUT2D eigenvalue weighted by Crippen LogP contribution is 2.13. The van der Waals surface area contributed by atoms with E-state index >= 15 is 0 Å². The van der Waals surface area contributed by atoms with Crippen molar-refractivity contribution in [1.82, 2.24) is 5.48 Å². The van der Waals surface area contributed by atoms with Crippen molar-refractivity contribution in [2.24, 2.45) is 0 Å². The third-order valence-electron chi connectivity index (χ3n) is 2.04.